The van der Waals surface area contributed by atoms with Gasteiger partial charge in [0.15, 0.2) is 0 Å². The molecule has 0 aromatic heterocycles. The second-order valence-electron chi connectivity index (χ2n) is 5.35. The number of hydrogen-bond acceptors (Lipinski definition) is 3. The van der Waals surface area contributed by atoms with Crippen LogP contribution >= 0.6 is 39.3 Å². The van der Waals surface area contributed by atoms with Crippen LogP contribution in [0.3, 0.4) is 0 Å². The van der Waals surface area contributed by atoms with Crippen LogP contribution < -0.4 is 10.6 Å². The first kappa shape index (κ1) is 19.8. The Balaban J connectivity index is 1.69. The molecule has 2 rings (SSSR count). The first-order valence-electron chi connectivity index (χ1n) is 7.65. The van der Waals surface area contributed by atoms with Gasteiger partial charge < -0.3 is 10.6 Å². The number of halogens is 2. The molecule has 2 aromatic carbocycles. The average molecular weight is 442 g/mol. The van der Waals surface area contributed by atoms with E-state index in [9.17, 15) is 9.59 Å². The second-order valence-corrected chi connectivity index (χ2v) is 7.75. The van der Waals surface area contributed by atoms with Gasteiger partial charge in [0.1, 0.15) is 0 Å². The lowest BCUT2D eigenvalue weighted by Crippen LogP contribution is -2.29. The number of anilines is 1. The minimum absolute atomic E-state index is 0.105. The summed E-state index contributed by atoms with van der Waals surface area (Å²) < 4.78 is 0.904. The van der Waals surface area contributed by atoms with Gasteiger partial charge in [-0.15, -0.1) is 11.8 Å². The maximum Gasteiger partial charge on any atom is 0.230 e. The molecule has 0 spiro atoms. The standard InChI is InChI=1S/C18H18BrClN2O2S/c1-12-2-3-13(19)10-16(12)22-17(23)8-9-21-18(24)11-25-15-6-4-14(20)5-7-15/h2-7,10H,8-9,11H2,1H3,(H,21,24)(H,22,23). The van der Waals surface area contributed by atoms with Crippen molar-refractivity contribution in [3.05, 3.63) is 57.5 Å². The van der Waals surface area contributed by atoms with E-state index in [1.165, 1.54) is 11.8 Å². The van der Waals surface area contributed by atoms with Crippen molar-refractivity contribution in [1.82, 2.24) is 5.32 Å². The first-order chi connectivity index (χ1) is 11.9. The molecular formula is C18H18BrClN2O2S. The van der Waals surface area contributed by atoms with Gasteiger partial charge in [-0.1, -0.05) is 33.6 Å². The summed E-state index contributed by atoms with van der Waals surface area (Å²) in [6.45, 7) is 2.23. The van der Waals surface area contributed by atoms with Gasteiger partial charge in [0.2, 0.25) is 11.8 Å². The Morgan fingerprint density at radius 2 is 1.84 bits per heavy atom. The van der Waals surface area contributed by atoms with E-state index in [0.29, 0.717) is 17.3 Å². The van der Waals surface area contributed by atoms with Crippen LogP contribution in [0.2, 0.25) is 5.02 Å². The van der Waals surface area contributed by atoms with E-state index >= 15 is 0 Å². The summed E-state index contributed by atoms with van der Waals surface area (Å²) >= 11 is 10.6. The van der Waals surface area contributed by atoms with Gasteiger partial charge in [0, 0.05) is 33.0 Å². The summed E-state index contributed by atoms with van der Waals surface area (Å²) in [6, 6.07) is 13.0. The molecule has 2 aromatic rings. The summed E-state index contributed by atoms with van der Waals surface area (Å²) in [6.07, 6.45) is 0.226. The molecule has 25 heavy (non-hydrogen) atoms. The first-order valence-corrected chi connectivity index (χ1v) is 9.81. The van der Waals surface area contributed by atoms with Crippen LogP contribution in [0.5, 0.6) is 0 Å². The number of thioether (sulfide) groups is 1. The van der Waals surface area contributed by atoms with E-state index in [1.807, 2.05) is 37.3 Å². The van der Waals surface area contributed by atoms with Crippen molar-refractivity contribution >= 4 is 56.8 Å². The van der Waals surface area contributed by atoms with Crippen LogP contribution in [-0.2, 0) is 9.59 Å². The summed E-state index contributed by atoms with van der Waals surface area (Å²) in [7, 11) is 0. The Kier molecular flexibility index (Phi) is 7.81. The van der Waals surface area contributed by atoms with E-state index < -0.39 is 0 Å². The zero-order valence-corrected chi connectivity index (χ0v) is 16.8. The van der Waals surface area contributed by atoms with E-state index in [0.717, 1.165) is 20.6 Å². The molecule has 2 amide bonds. The molecule has 2 N–H and O–H groups in total. The molecule has 0 heterocycles. The number of aryl methyl sites for hydroxylation is 1. The zero-order valence-electron chi connectivity index (χ0n) is 13.6. The third-order valence-corrected chi connectivity index (χ3v) is 5.09. The minimum atomic E-state index is -0.133. The number of amides is 2. The number of nitrogens with one attached hydrogen (secondary N) is 2. The number of rotatable bonds is 7. The van der Waals surface area contributed by atoms with Crippen molar-refractivity contribution in [2.75, 3.05) is 17.6 Å². The normalized spacial score (nSPS) is 10.4. The van der Waals surface area contributed by atoms with Crippen LogP contribution in [-0.4, -0.2) is 24.1 Å². The molecular weight excluding hydrogens is 424 g/mol. The Bertz CT molecular complexity index is 753. The monoisotopic (exact) mass is 440 g/mol. The van der Waals surface area contributed by atoms with Crippen molar-refractivity contribution < 1.29 is 9.59 Å². The third kappa shape index (κ3) is 7.10. The van der Waals surface area contributed by atoms with E-state index in [1.54, 1.807) is 12.1 Å². The van der Waals surface area contributed by atoms with Crippen LogP contribution in [0.1, 0.15) is 12.0 Å². The van der Waals surface area contributed by atoms with Crippen molar-refractivity contribution in [2.24, 2.45) is 0 Å². The number of benzene rings is 2. The lowest BCUT2D eigenvalue weighted by atomic mass is 10.2. The van der Waals surface area contributed by atoms with Crippen LogP contribution in [0.25, 0.3) is 0 Å². The highest BCUT2D eigenvalue weighted by Crippen LogP contribution is 2.21. The van der Waals surface area contributed by atoms with E-state index in [4.69, 9.17) is 11.6 Å². The molecule has 7 heteroatoms. The molecule has 0 aliphatic carbocycles. The molecule has 0 bridgehead atoms. The van der Waals surface area contributed by atoms with Gasteiger partial charge in [-0.25, -0.2) is 0 Å². The number of carbonyl (C=O) groups excluding carboxylic acids is 2. The predicted molar refractivity (Wildman–Crippen MR) is 107 cm³/mol. The lowest BCUT2D eigenvalue weighted by Gasteiger charge is -2.09. The molecule has 4 nitrogen and oxygen atoms in total. The fourth-order valence-electron chi connectivity index (χ4n) is 1.99. The second kappa shape index (κ2) is 9.85. The number of hydrogen-bond donors (Lipinski definition) is 2. The van der Waals surface area contributed by atoms with Gasteiger partial charge >= 0.3 is 0 Å². The Morgan fingerprint density at radius 3 is 2.56 bits per heavy atom. The highest BCUT2D eigenvalue weighted by atomic mass is 79.9. The van der Waals surface area contributed by atoms with Gasteiger partial charge in [0.25, 0.3) is 0 Å². The molecule has 0 radical (unpaired) electrons. The molecule has 0 fully saturated rings. The Hall–Kier alpha value is -1.50. The topological polar surface area (TPSA) is 58.2 Å². The molecule has 0 saturated heterocycles. The van der Waals surface area contributed by atoms with Crippen molar-refractivity contribution in [1.29, 1.82) is 0 Å². The average Bonchev–Trinajstić information content (AvgIpc) is 2.57. The smallest absolute Gasteiger partial charge is 0.230 e. The fourth-order valence-corrected chi connectivity index (χ4v) is 3.20. The maximum absolute atomic E-state index is 12.0. The van der Waals surface area contributed by atoms with Crippen LogP contribution in [0.4, 0.5) is 5.69 Å². The van der Waals surface area contributed by atoms with Crippen LogP contribution in [0.15, 0.2) is 51.8 Å². The van der Waals surface area contributed by atoms with Crippen molar-refractivity contribution in [2.45, 2.75) is 18.2 Å². The van der Waals surface area contributed by atoms with Crippen LogP contribution in [0, 0.1) is 6.92 Å². The number of carbonyl (C=O) groups is 2. The van der Waals surface area contributed by atoms with Gasteiger partial charge in [-0.05, 0) is 48.9 Å². The van der Waals surface area contributed by atoms with Crippen molar-refractivity contribution in [3.8, 4) is 0 Å². The Morgan fingerprint density at radius 1 is 1.12 bits per heavy atom. The minimum Gasteiger partial charge on any atom is -0.355 e. The molecule has 0 saturated carbocycles. The molecule has 0 aliphatic heterocycles. The van der Waals surface area contributed by atoms with Gasteiger partial charge in [0.05, 0.1) is 5.75 Å². The van der Waals surface area contributed by atoms with Gasteiger partial charge in [-0.3, -0.25) is 9.59 Å². The Labute approximate surface area is 164 Å². The molecule has 0 atom stereocenters. The van der Waals surface area contributed by atoms with Gasteiger partial charge in [-0.2, -0.15) is 0 Å². The summed E-state index contributed by atoms with van der Waals surface area (Å²) in [5, 5.41) is 6.27. The maximum atomic E-state index is 12.0. The fraction of sp³-hybridized carbons (Fsp3) is 0.222. The molecule has 0 unspecified atom stereocenters. The lowest BCUT2D eigenvalue weighted by molar-refractivity contribution is -0.119. The molecule has 132 valence electrons. The zero-order chi connectivity index (χ0) is 18.2. The summed E-state index contributed by atoms with van der Waals surface area (Å²) in [5.74, 6) is 0.0619. The summed E-state index contributed by atoms with van der Waals surface area (Å²) in [4.78, 5) is 24.8. The predicted octanol–water partition coefficient (Wildman–Crippen LogP) is 4.65. The highest BCUT2D eigenvalue weighted by Gasteiger charge is 2.07. The van der Waals surface area contributed by atoms with E-state index in [2.05, 4.69) is 26.6 Å². The van der Waals surface area contributed by atoms with Crippen molar-refractivity contribution in [3.63, 3.8) is 0 Å². The highest BCUT2D eigenvalue weighted by molar-refractivity contribution is 9.10. The largest absolute Gasteiger partial charge is 0.355 e. The van der Waals surface area contributed by atoms with E-state index in [-0.39, 0.29) is 18.2 Å². The summed E-state index contributed by atoms with van der Waals surface area (Å²) in [5.41, 5.74) is 1.75. The quantitative estimate of drug-likeness (QED) is 0.615. The SMILES string of the molecule is Cc1ccc(Br)cc1NC(=O)CCNC(=O)CSc1ccc(Cl)cc1. The third-order valence-electron chi connectivity index (χ3n) is 3.33. The molecule has 0 aliphatic rings.